The molecule has 4 nitrogen and oxygen atoms in total. The highest BCUT2D eigenvalue weighted by Crippen LogP contribution is 2.29. The lowest BCUT2D eigenvalue weighted by molar-refractivity contribution is -0.400. The summed E-state index contributed by atoms with van der Waals surface area (Å²) in [6.07, 6.45) is 3.95. The van der Waals surface area contributed by atoms with Crippen LogP contribution in [0.2, 0.25) is 10.0 Å². The molecule has 0 aliphatic rings. The van der Waals surface area contributed by atoms with Crippen LogP contribution in [0.3, 0.4) is 0 Å². The number of aromatic amines is 1. The molecule has 0 spiro atoms. The van der Waals surface area contributed by atoms with Crippen molar-refractivity contribution in [3.63, 3.8) is 0 Å². The molecule has 0 atom stereocenters. The molecule has 2 rings (SSSR count). The molecule has 0 bridgehead atoms. The zero-order valence-electron chi connectivity index (χ0n) is 7.91. The summed E-state index contributed by atoms with van der Waals surface area (Å²) in [5.41, 5.74) is 1.49. The van der Waals surface area contributed by atoms with Gasteiger partial charge in [-0.2, -0.15) is 0 Å². The summed E-state index contributed by atoms with van der Waals surface area (Å²) in [4.78, 5) is 12.7. The quantitative estimate of drug-likeness (QED) is 0.658. The Labute approximate surface area is 101 Å². The van der Waals surface area contributed by atoms with Gasteiger partial charge in [-0.05, 0) is 12.1 Å². The lowest BCUT2D eigenvalue weighted by atomic mass is 10.2. The van der Waals surface area contributed by atoms with Crippen molar-refractivity contribution in [1.82, 2.24) is 4.98 Å². The molecule has 2 aromatic rings. The van der Waals surface area contributed by atoms with E-state index in [4.69, 9.17) is 23.2 Å². The number of nitrogens with zero attached hydrogens (tertiary/aromatic N) is 1. The lowest BCUT2D eigenvalue weighted by Crippen LogP contribution is -1.81. The van der Waals surface area contributed by atoms with Crippen LogP contribution in [0.15, 0.2) is 24.5 Å². The molecule has 82 valence electrons. The fraction of sp³-hybridized carbons (Fsp3) is 0. The van der Waals surface area contributed by atoms with E-state index in [-0.39, 0.29) is 0 Å². The molecule has 0 saturated carbocycles. The number of hydrogen-bond acceptors (Lipinski definition) is 2. The van der Waals surface area contributed by atoms with Crippen LogP contribution in [-0.4, -0.2) is 9.91 Å². The molecule has 0 unspecified atom stereocenters. The van der Waals surface area contributed by atoms with Gasteiger partial charge in [-0.1, -0.05) is 23.2 Å². The third-order valence-electron chi connectivity index (χ3n) is 2.13. The summed E-state index contributed by atoms with van der Waals surface area (Å²) in [6, 6.07) is 3.36. The fourth-order valence-corrected chi connectivity index (χ4v) is 1.74. The smallest absolute Gasteiger partial charge is 0.235 e. The van der Waals surface area contributed by atoms with E-state index in [2.05, 4.69) is 4.98 Å². The van der Waals surface area contributed by atoms with E-state index in [9.17, 15) is 10.1 Å². The second-order valence-electron chi connectivity index (χ2n) is 3.16. The fourth-order valence-electron chi connectivity index (χ4n) is 1.42. The maximum atomic E-state index is 10.2. The Morgan fingerprint density at radius 2 is 2.00 bits per heavy atom. The Morgan fingerprint density at radius 3 is 2.69 bits per heavy atom. The average molecular weight is 257 g/mol. The minimum absolute atomic E-state index is 0.421. The molecule has 0 saturated heterocycles. The highest BCUT2D eigenvalue weighted by atomic mass is 35.5. The molecule has 6 heteroatoms. The number of halogens is 2. The normalized spacial score (nSPS) is 11.4. The van der Waals surface area contributed by atoms with Crippen molar-refractivity contribution in [2.24, 2.45) is 0 Å². The zero-order valence-corrected chi connectivity index (χ0v) is 9.42. The second kappa shape index (κ2) is 4.15. The van der Waals surface area contributed by atoms with Crippen molar-refractivity contribution in [1.29, 1.82) is 0 Å². The van der Waals surface area contributed by atoms with Crippen LogP contribution >= 0.6 is 23.2 Å². The first-order chi connectivity index (χ1) is 7.58. The van der Waals surface area contributed by atoms with Gasteiger partial charge in [-0.25, -0.2) is 0 Å². The van der Waals surface area contributed by atoms with Gasteiger partial charge in [0.25, 0.3) is 0 Å². The monoisotopic (exact) mass is 256 g/mol. The van der Waals surface area contributed by atoms with Gasteiger partial charge in [0.1, 0.15) is 0 Å². The number of aromatic nitrogens is 1. The molecule has 0 aliphatic heterocycles. The number of rotatable bonds is 2. The van der Waals surface area contributed by atoms with Crippen molar-refractivity contribution in [2.45, 2.75) is 0 Å². The van der Waals surface area contributed by atoms with Crippen LogP contribution in [0.4, 0.5) is 0 Å². The molecule has 1 aromatic carbocycles. The molecular weight excluding hydrogens is 251 g/mol. The van der Waals surface area contributed by atoms with Crippen molar-refractivity contribution in [3.05, 3.63) is 50.3 Å². The largest absolute Gasteiger partial charge is 0.361 e. The van der Waals surface area contributed by atoms with E-state index in [1.165, 1.54) is 6.08 Å². The SMILES string of the molecule is O=[N+]([O-])/C=C/c1c[nH]c2cc(Cl)c(Cl)cc12. The van der Waals surface area contributed by atoms with Crippen molar-refractivity contribution in [3.8, 4) is 0 Å². The van der Waals surface area contributed by atoms with Gasteiger partial charge >= 0.3 is 0 Å². The van der Waals surface area contributed by atoms with Crippen molar-refractivity contribution in [2.75, 3.05) is 0 Å². The summed E-state index contributed by atoms with van der Waals surface area (Å²) < 4.78 is 0. The zero-order chi connectivity index (χ0) is 11.7. The van der Waals surface area contributed by atoms with Crippen LogP contribution < -0.4 is 0 Å². The second-order valence-corrected chi connectivity index (χ2v) is 3.97. The van der Waals surface area contributed by atoms with Gasteiger partial charge in [-0.15, -0.1) is 0 Å². The minimum Gasteiger partial charge on any atom is -0.361 e. The standard InChI is InChI=1S/C10H6Cl2N2O2/c11-8-3-7-6(1-2-14(15)16)5-13-10(7)4-9(8)12/h1-5,13H/b2-1+. The highest BCUT2D eigenvalue weighted by molar-refractivity contribution is 6.42. The van der Waals surface area contributed by atoms with Crippen LogP contribution in [-0.2, 0) is 0 Å². The number of nitro groups is 1. The molecular formula is C10H6Cl2N2O2. The van der Waals surface area contributed by atoms with E-state index in [0.717, 1.165) is 17.1 Å². The molecule has 16 heavy (non-hydrogen) atoms. The van der Waals surface area contributed by atoms with E-state index in [1.54, 1.807) is 18.3 Å². The van der Waals surface area contributed by atoms with Crippen molar-refractivity contribution < 1.29 is 4.92 Å². The first-order valence-electron chi connectivity index (χ1n) is 4.36. The third kappa shape index (κ3) is 2.03. The summed E-state index contributed by atoms with van der Waals surface area (Å²) in [5.74, 6) is 0. The molecule has 0 amide bonds. The van der Waals surface area contributed by atoms with Gasteiger partial charge in [-0.3, -0.25) is 10.1 Å². The number of H-pyrrole nitrogens is 1. The minimum atomic E-state index is -0.518. The van der Waals surface area contributed by atoms with Crippen LogP contribution in [0.5, 0.6) is 0 Å². The van der Waals surface area contributed by atoms with E-state index in [0.29, 0.717) is 15.6 Å². The first kappa shape index (κ1) is 11.0. The number of hydrogen-bond donors (Lipinski definition) is 1. The topological polar surface area (TPSA) is 58.9 Å². The lowest BCUT2D eigenvalue weighted by Gasteiger charge is -1.96. The number of fused-ring (bicyclic) bond motifs is 1. The van der Waals surface area contributed by atoms with Gasteiger partial charge in [0.2, 0.25) is 6.20 Å². The van der Waals surface area contributed by atoms with Gasteiger partial charge < -0.3 is 4.98 Å². The summed E-state index contributed by atoms with van der Waals surface area (Å²) in [5, 5.41) is 11.9. The van der Waals surface area contributed by atoms with E-state index >= 15 is 0 Å². The maximum absolute atomic E-state index is 10.2. The first-order valence-corrected chi connectivity index (χ1v) is 5.11. The summed E-state index contributed by atoms with van der Waals surface area (Å²) in [7, 11) is 0. The third-order valence-corrected chi connectivity index (χ3v) is 2.85. The van der Waals surface area contributed by atoms with E-state index < -0.39 is 4.92 Å². The predicted molar refractivity (Wildman–Crippen MR) is 64.3 cm³/mol. The average Bonchev–Trinajstić information content (AvgIpc) is 2.58. The van der Waals surface area contributed by atoms with Gasteiger partial charge in [0.15, 0.2) is 0 Å². The van der Waals surface area contributed by atoms with Gasteiger partial charge in [0.05, 0.1) is 15.0 Å². The van der Waals surface area contributed by atoms with Crippen LogP contribution in [0, 0.1) is 10.1 Å². The Hall–Kier alpha value is -1.52. The molecule has 1 heterocycles. The predicted octanol–water partition coefficient (Wildman–Crippen LogP) is 3.72. The summed E-state index contributed by atoms with van der Waals surface area (Å²) in [6.45, 7) is 0. The Kier molecular flexibility index (Phi) is 2.85. The summed E-state index contributed by atoms with van der Waals surface area (Å²) >= 11 is 11.7. The molecule has 0 radical (unpaired) electrons. The molecule has 1 N–H and O–H groups in total. The van der Waals surface area contributed by atoms with Crippen LogP contribution in [0.1, 0.15) is 5.56 Å². The Balaban J connectivity index is 2.56. The Morgan fingerprint density at radius 1 is 1.31 bits per heavy atom. The van der Waals surface area contributed by atoms with Gasteiger partial charge in [0, 0.05) is 28.7 Å². The van der Waals surface area contributed by atoms with E-state index in [1.807, 2.05) is 0 Å². The van der Waals surface area contributed by atoms with Crippen molar-refractivity contribution >= 4 is 40.2 Å². The Bertz CT molecular complexity index is 590. The molecule has 0 aliphatic carbocycles. The molecule has 0 fully saturated rings. The van der Waals surface area contributed by atoms with Crippen LogP contribution in [0.25, 0.3) is 17.0 Å². The number of nitrogens with one attached hydrogen (secondary N) is 1. The highest BCUT2D eigenvalue weighted by Gasteiger charge is 2.06. The number of benzene rings is 1. The molecule has 1 aromatic heterocycles. The maximum Gasteiger partial charge on any atom is 0.235 e.